The van der Waals surface area contributed by atoms with Gasteiger partial charge in [0, 0.05) is 11.2 Å². The summed E-state index contributed by atoms with van der Waals surface area (Å²) >= 11 is 0. The number of carbonyl (C=O) groups is 1. The minimum atomic E-state index is -3.30. The van der Waals surface area contributed by atoms with Gasteiger partial charge in [0.15, 0.2) is 0 Å². The molecular weight excluding hydrogens is 302 g/mol. The highest BCUT2D eigenvalue weighted by molar-refractivity contribution is 7.92. The van der Waals surface area contributed by atoms with E-state index in [9.17, 15) is 13.2 Å². The standard InChI is InChI=1S/C15H25N3O3S/c1-10-9-12(7-8-13(10)18-22(6,20)21)16-11(2)14(19)17-15(3,4)5/h7-9,11,16,18H,1-6H3,(H,17,19)/t11-/m0/s1. The molecular formula is C15H25N3O3S. The Labute approximate surface area is 132 Å². The van der Waals surface area contributed by atoms with Crippen molar-refractivity contribution in [3.63, 3.8) is 0 Å². The Morgan fingerprint density at radius 2 is 1.82 bits per heavy atom. The first-order valence-corrected chi connectivity index (χ1v) is 8.93. The van der Waals surface area contributed by atoms with Crippen LogP contribution in [0.2, 0.25) is 0 Å². The zero-order chi connectivity index (χ0) is 17.1. The molecule has 0 saturated heterocycles. The van der Waals surface area contributed by atoms with Crippen LogP contribution in [0, 0.1) is 6.92 Å². The maximum atomic E-state index is 12.0. The van der Waals surface area contributed by atoms with Crippen molar-refractivity contribution in [2.75, 3.05) is 16.3 Å². The maximum Gasteiger partial charge on any atom is 0.242 e. The molecule has 1 aromatic carbocycles. The fourth-order valence-electron chi connectivity index (χ4n) is 1.86. The second kappa shape index (κ2) is 6.56. The normalized spacial score (nSPS) is 13.4. The number of sulfonamides is 1. The van der Waals surface area contributed by atoms with Gasteiger partial charge in [-0.1, -0.05) is 0 Å². The summed E-state index contributed by atoms with van der Waals surface area (Å²) in [5.74, 6) is -0.0940. The van der Waals surface area contributed by atoms with E-state index in [1.807, 2.05) is 20.8 Å². The molecule has 7 heteroatoms. The molecule has 1 aromatic rings. The van der Waals surface area contributed by atoms with E-state index in [2.05, 4.69) is 15.4 Å². The lowest BCUT2D eigenvalue weighted by Crippen LogP contribution is -2.47. The first kappa shape index (κ1) is 18.3. The molecule has 124 valence electrons. The quantitative estimate of drug-likeness (QED) is 0.773. The van der Waals surface area contributed by atoms with Gasteiger partial charge in [-0.3, -0.25) is 9.52 Å². The minimum absolute atomic E-state index is 0.0940. The number of carbonyl (C=O) groups excluding carboxylic acids is 1. The van der Waals surface area contributed by atoms with E-state index >= 15 is 0 Å². The summed E-state index contributed by atoms with van der Waals surface area (Å²) in [7, 11) is -3.30. The number of anilines is 2. The summed E-state index contributed by atoms with van der Waals surface area (Å²) in [5, 5.41) is 6.01. The summed E-state index contributed by atoms with van der Waals surface area (Å²) < 4.78 is 25.0. The molecule has 0 aliphatic heterocycles. The van der Waals surface area contributed by atoms with Crippen molar-refractivity contribution in [1.29, 1.82) is 0 Å². The van der Waals surface area contributed by atoms with Crippen LogP contribution in [0.3, 0.4) is 0 Å². The van der Waals surface area contributed by atoms with Gasteiger partial charge in [-0.25, -0.2) is 8.42 Å². The lowest BCUT2D eigenvalue weighted by atomic mass is 10.1. The molecule has 0 aliphatic carbocycles. The maximum absolute atomic E-state index is 12.0. The Bertz CT molecular complexity index is 648. The van der Waals surface area contributed by atoms with E-state index in [0.717, 1.165) is 17.5 Å². The Balaban J connectivity index is 2.79. The SMILES string of the molecule is Cc1cc(N[C@@H](C)C(=O)NC(C)(C)C)ccc1NS(C)(=O)=O. The zero-order valence-corrected chi connectivity index (χ0v) is 14.8. The molecule has 1 rings (SSSR count). The van der Waals surface area contributed by atoms with Crippen LogP contribution in [0.25, 0.3) is 0 Å². The molecule has 0 aromatic heterocycles. The molecule has 0 saturated carbocycles. The number of hydrogen-bond donors (Lipinski definition) is 3. The van der Waals surface area contributed by atoms with Crippen LogP contribution in [0.15, 0.2) is 18.2 Å². The van der Waals surface area contributed by atoms with Crippen molar-refractivity contribution in [3.05, 3.63) is 23.8 Å². The lowest BCUT2D eigenvalue weighted by molar-refractivity contribution is -0.122. The van der Waals surface area contributed by atoms with E-state index in [4.69, 9.17) is 0 Å². The average Bonchev–Trinajstić information content (AvgIpc) is 2.29. The van der Waals surface area contributed by atoms with E-state index in [1.165, 1.54) is 0 Å². The lowest BCUT2D eigenvalue weighted by Gasteiger charge is -2.24. The molecule has 0 bridgehead atoms. The van der Waals surface area contributed by atoms with E-state index in [1.54, 1.807) is 32.0 Å². The predicted molar refractivity (Wildman–Crippen MR) is 90.6 cm³/mol. The third-order valence-corrected chi connectivity index (χ3v) is 3.39. The van der Waals surface area contributed by atoms with Gasteiger partial charge in [0.05, 0.1) is 11.9 Å². The Morgan fingerprint density at radius 3 is 2.27 bits per heavy atom. The molecule has 6 nitrogen and oxygen atoms in total. The highest BCUT2D eigenvalue weighted by atomic mass is 32.2. The first-order chi connectivity index (χ1) is 9.87. The number of nitrogens with one attached hydrogen (secondary N) is 3. The van der Waals surface area contributed by atoms with Gasteiger partial charge in [0.25, 0.3) is 0 Å². The average molecular weight is 327 g/mol. The molecule has 0 radical (unpaired) electrons. The molecule has 1 amide bonds. The van der Waals surface area contributed by atoms with Gasteiger partial charge in [-0.2, -0.15) is 0 Å². The number of aryl methyl sites for hydroxylation is 1. The van der Waals surface area contributed by atoms with Crippen molar-refractivity contribution in [2.24, 2.45) is 0 Å². The van der Waals surface area contributed by atoms with Crippen molar-refractivity contribution in [2.45, 2.75) is 46.2 Å². The fourth-order valence-corrected chi connectivity index (χ4v) is 2.49. The van der Waals surface area contributed by atoms with Crippen molar-refractivity contribution >= 4 is 27.3 Å². The second-order valence-corrected chi connectivity index (χ2v) is 8.26. The van der Waals surface area contributed by atoms with Gasteiger partial charge in [0.1, 0.15) is 6.04 Å². The van der Waals surface area contributed by atoms with Crippen LogP contribution in [0.4, 0.5) is 11.4 Å². The Hall–Kier alpha value is -1.76. The highest BCUT2D eigenvalue weighted by Crippen LogP contribution is 2.21. The minimum Gasteiger partial charge on any atom is -0.374 e. The summed E-state index contributed by atoms with van der Waals surface area (Å²) in [5.41, 5.74) is 1.78. The number of hydrogen-bond acceptors (Lipinski definition) is 4. The smallest absolute Gasteiger partial charge is 0.242 e. The zero-order valence-electron chi connectivity index (χ0n) is 13.9. The van der Waals surface area contributed by atoms with Crippen LogP contribution >= 0.6 is 0 Å². The largest absolute Gasteiger partial charge is 0.374 e. The summed E-state index contributed by atoms with van der Waals surface area (Å²) in [6, 6.07) is 4.82. The molecule has 0 heterocycles. The van der Waals surface area contributed by atoms with E-state index < -0.39 is 16.1 Å². The van der Waals surface area contributed by atoms with E-state index in [0.29, 0.717) is 5.69 Å². The topological polar surface area (TPSA) is 87.3 Å². The van der Waals surface area contributed by atoms with E-state index in [-0.39, 0.29) is 11.4 Å². The number of benzene rings is 1. The van der Waals surface area contributed by atoms with Gasteiger partial charge in [-0.05, 0) is 58.4 Å². The van der Waals surface area contributed by atoms with Crippen LogP contribution in [-0.2, 0) is 14.8 Å². The highest BCUT2D eigenvalue weighted by Gasteiger charge is 2.19. The fraction of sp³-hybridized carbons (Fsp3) is 0.533. The van der Waals surface area contributed by atoms with Crippen LogP contribution in [0.5, 0.6) is 0 Å². The molecule has 22 heavy (non-hydrogen) atoms. The number of rotatable bonds is 5. The van der Waals surface area contributed by atoms with Gasteiger partial charge >= 0.3 is 0 Å². The van der Waals surface area contributed by atoms with Gasteiger partial charge in [0.2, 0.25) is 15.9 Å². The van der Waals surface area contributed by atoms with Crippen LogP contribution in [-0.4, -0.2) is 32.2 Å². The molecule has 0 aliphatic rings. The summed E-state index contributed by atoms with van der Waals surface area (Å²) in [6.07, 6.45) is 1.11. The third kappa shape index (κ3) is 6.34. The second-order valence-electron chi connectivity index (χ2n) is 6.51. The number of amides is 1. The van der Waals surface area contributed by atoms with Gasteiger partial charge in [-0.15, -0.1) is 0 Å². The van der Waals surface area contributed by atoms with Crippen molar-refractivity contribution in [1.82, 2.24) is 5.32 Å². The van der Waals surface area contributed by atoms with Crippen LogP contribution in [0.1, 0.15) is 33.3 Å². The predicted octanol–water partition coefficient (Wildman–Crippen LogP) is 2.08. The van der Waals surface area contributed by atoms with Gasteiger partial charge < -0.3 is 10.6 Å². The van der Waals surface area contributed by atoms with Crippen molar-refractivity contribution < 1.29 is 13.2 Å². The van der Waals surface area contributed by atoms with Crippen molar-refractivity contribution in [3.8, 4) is 0 Å². The molecule has 0 fully saturated rings. The molecule has 0 unspecified atom stereocenters. The van der Waals surface area contributed by atoms with Crippen LogP contribution < -0.4 is 15.4 Å². The summed E-state index contributed by atoms with van der Waals surface area (Å²) in [6.45, 7) is 9.35. The molecule has 3 N–H and O–H groups in total. The third-order valence-electron chi connectivity index (χ3n) is 2.80. The molecule has 0 spiro atoms. The molecule has 1 atom stereocenters. The Morgan fingerprint density at radius 1 is 1.23 bits per heavy atom. The monoisotopic (exact) mass is 327 g/mol. The summed E-state index contributed by atoms with van der Waals surface area (Å²) in [4.78, 5) is 12.0. The first-order valence-electron chi connectivity index (χ1n) is 7.04. The Kier molecular flexibility index (Phi) is 5.45.